The molecule has 20 heavy (non-hydrogen) atoms. The predicted molar refractivity (Wildman–Crippen MR) is 78.5 cm³/mol. The molecule has 6 heteroatoms. The Morgan fingerprint density at radius 3 is 2.50 bits per heavy atom. The maximum atomic E-state index is 13.8. The molecule has 114 valence electrons. The van der Waals surface area contributed by atoms with E-state index in [4.69, 9.17) is 0 Å². The molecule has 0 bridgehead atoms. The summed E-state index contributed by atoms with van der Waals surface area (Å²) in [5, 5.41) is 2.91. The molecule has 0 unspecified atom stereocenters. The molecule has 1 rings (SSSR count). The molecule has 0 radical (unpaired) electrons. The van der Waals surface area contributed by atoms with Gasteiger partial charge in [-0.2, -0.15) is 0 Å². The third-order valence-electron chi connectivity index (χ3n) is 2.95. The quantitative estimate of drug-likeness (QED) is 0.813. The van der Waals surface area contributed by atoms with Crippen LogP contribution in [0.15, 0.2) is 23.1 Å². The molecule has 0 atom stereocenters. The Bertz CT molecular complexity index is 556. The van der Waals surface area contributed by atoms with Gasteiger partial charge in [-0.05, 0) is 45.0 Å². The van der Waals surface area contributed by atoms with Crippen LogP contribution in [0.4, 0.5) is 4.39 Å². The Kier molecular flexibility index (Phi) is 5.68. The summed E-state index contributed by atoms with van der Waals surface area (Å²) in [6.07, 6.45) is 1.53. The summed E-state index contributed by atoms with van der Waals surface area (Å²) in [7, 11) is -2.11. The fourth-order valence-electron chi connectivity index (χ4n) is 2.16. The molecule has 0 saturated carbocycles. The van der Waals surface area contributed by atoms with Crippen molar-refractivity contribution in [3.8, 4) is 0 Å². The molecule has 0 amide bonds. The monoisotopic (exact) mass is 302 g/mol. The number of nitrogens with one attached hydrogen (secondary N) is 2. The summed E-state index contributed by atoms with van der Waals surface area (Å²) in [5.74, 6) is -0.732. The van der Waals surface area contributed by atoms with E-state index >= 15 is 0 Å². The van der Waals surface area contributed by atoms with E-state index in [2.05, 4.69) is 10.0 Å². The summed E-state index contributed by atoms with van der Waals surface area (Å²) in [6, 6.07) is 4.13. The molecule has 0 saturated heterocycles. The minimum absolute atomic E-state index is 0.297. The largest absolute Gasteiger partial charge is 0.316 e. The summed E-state index contributed by atoms with van der Waals surface area (Å²) in [4.78, 5) is -0.297. The summed E-state index contributed by atoms with van der Waals surface area (Å²) in [6.45, 7) is 6.05. The van der Waals surface area contributed by atoms with E-state index in [1.54, 1.807) is 27.0 Å². The van der Waals surface area contributed by atoms with Gasteiger partial charge in [0.15, 0.2) is 0 Å². The maximum Gasteiger partial charge on any atom is 0.243 e. The lowest BCUT2D eigenvalue weighted by Gasteiger charge is -2.25. The highest BCUT2D eigenvalue weighted by Crippen LogP contribution is 2.20. The molecule has 1 aromatic carbocycles. The van der Waals surface area contributed by atoms with Crippen LogP contribution in [-0.2, 0) is 16.6 Å². The number of hydrogen-bond acceptors (Lipinski definition) is 3. The van der Waals surface area contributed by atoms with Crippen LogP contribution in [0.25, 0.3) is 0 Å². The average Bonchev–Trinajstić information content (AvgIpc) is 2.30. The van der Waals surface area contributed by atoms with Gasteiger partial charge in [-0.15, -0.1) is 0 Å². The van der Waals surface area contributed by atoms with Crippen molar-refractivity contribution in [2.75, 3.05) is 7.05 Å². The van der Waals surface area contributed by atoms with Crippen LogP contribution in [-0.4, -0.2) is 21.0 Å². The second-order valence-corrected chi connectivity index (χ2v) is 7.19. The number of hydrogen-bond donors (Lipinski definition) is 2. The first-order valence-corrected chi connectivity index (χ1v) is 8.17. The first kappa shape index (κ1) is 17.1. The van der Waals surface area contributed by atoms with Gasteiger partial charge in [-0.3, -0.25) is 0 Å². The van der Waals surface area contributed by atoms with Gasteiger partial charge in [-0.1, -0.05) is 19.4 Å². The highest BCUT2D eigenvalue weighted by Gasteiger charge is 2.27. The third-order valence-corrected chi connectivity index (χ3v) is 4.66. The number of halogens is 1. The van der Waals surface area contributed by atoms with E-state index < -0.39 is 21.4 Å². The zero-order valence-corrected chi connectivity index (χ0v) is 13.3. The SMILES string of the molecule is CCCC(C)(C)NS(=O)(=O)c1cc(CNC)ccc1F. The Morgan fingerprint density at radius 1 is 1.30 bits per heavy atom. The summed E-state index contributed by atoms with van der Waals surface area (Å²) < 4.78 is 41.1. The van der Waals surface area contributed by atoms with Crippen LogP contribution in [0.5, 0.6) is 0 Å². The van der Waals surface area contributed by atoms with Crippen LogP contribution in [0.1, 0.15) is 39.2 Å². The van der Waals surface area contributed by atoms with Crippen molar-refractivity contribution in [3.05, 3.63) is 29.6 Å². The van der Waals surface area contributed by atoms with E-state index in [0.717, 1.165) is 12.0 Å². The lowest BCUT2D eigenvalue weighted by molar-refractivity contribution is 0.416. The van der Waals surface area contributed by atoms with Gasteiger partial charge in [0.25, 0.3) is 0 Å². The molecule has 0 heterocycles. The van der Waals surface area contributed by atoms with E-state index in [1.165, 1.54) is 12.1 Å². The van der Waals surface area contributed by atoms with Crippen molar-refractivity contribution >= 4 is 10.0 Å². The van der Waals surface area contributed by atoms with Crippen molar-refractivity contribution in [2.45, 2.75) is 50.6 Å². The predicted octanol–water partition coefficient (Wildman–Crippen LogP) is 2.40. The van der Waals surface area contributed by atoms with Gasteiger partial charge in [0, 0.05) is 12.1 Å². The van der Waals surface area contributed by atoms with Crippen molar-refractivity contribution < 1.29 is 12.8 Å². The standard InChI is InChI=1S/C14H23FN2O2S/c1-5-8-14(2,3)17-20(18,19)13-9-11(10-16-4)6-7-12(13)15/h6-7,9,16-17H,5,8,10H2,1-4H3. The first-order chi connectivity index (χ1) is 9.22. The van der Waals surface area contributed by atoms with Crippen LogP contribution in [0, 0.1) is 5.82 Å². The Morgan fingerprint density at radius 2 is 1.95 bits per heavy atom. The molecule has 0 aliphatic heterocycles. The average molecular weight is 302 g/mol. The first-order valence-electron chi connectivity index (χ1n) is 6.69. The minimum Gasteiger partial charge on any atom is -0.316 e. The molecule has 2 N–H and O–H groups in total. The Balaban J connectivity index is 3.11. The van der Waals surface area contributed by atoms with Crippen molar-refractivity contribution in [3.63, 3.8) is 0 Å². The van der Waals surface area contributed by atoms with E-state index in [1.807, 2.05) is 6.92 Å². The van der Waals surface area contributed by atoms with Gasteiger partial charge in [-0.25, -0.2) is 17.5 Å². The molecule has 0 aliphatic carbocycles. The molecular weight excluding hydrogens is 279 g/mol. The van der Waals surface area contributed by atoms with Gasteiger partial charge in [0.1, 0.15) is 10.7 Å². The number of benzene rings is 1. The lowest BCUT2D eigenvalue weighted by Crippen LogP contribution is -2.43. The van der Waals surface area contributed by atoms with E-state index in [-0.39, 0.29) is 4.90 Å². The summed E-state index contributed by atoms with van der Waals surface area (Å²) in [5.41, 5.74) is 0.126. The molecule has 0 fully saturated rings. The van der Waals surface area contributed by atoms with Crippen LogP contribution < -0.4 is 10.0 Å². The van der Waals surface area contributed by atoms with Crippen molar-refractivity contribution in [2.24, 2.45) is 0 Å². The fraction of sp³-hybridized carbons (Fsp3) is 0.571. The second-order valence-electron chi connectivity index (χ2n) is 5.53. The van der Waals surface area contributed by atoms with Crippen molar-refractivity contribution in [1.82, 2.24) is 10.0 Å². The van der Waals surface area contributed by atoms with Gasteiger partial charge >= 0.3 is 0 Å². The lowest BCUT2D eigenvalue weighted by atomic mass is 10.0. The third kappa shape index (κ3) is 4.54. The zero-order valence-electron chi connectivity index (χ0n) is 12.5. The molecule has 0 spiro atoms. The molecule has 4 nitrogen and oxygen atoms in total. The van der Waals surface area contributed by atoms with Crippen LogP contribution in [0.2, 0.25) is 0 Å². The maximum absolute atomic E-state index is 13.8. The topological polar surface area (TPSA) is 58.2 Å². The zero-order chi connectivity index (χ0) is 15.4. The van der Waals surface area contributed by atoms with Crippen LogP contribution >= 0.6 is 0 Å². The Hall–Kier alpha value is -0.980. The van der Waals surface area contributed by atoms with Gasteiger partial charge in [0.2, 0.25) is 10.0 Å². The molecule has 1 aromatic rings. The summed E-state index contributed by atoms with van der Waals surface area (Å²) >= 11 is 0. The van der Waals surface area contributed by atoms with E-state index in [0.29, 0.717) is 13.0 Å². The number of rotatable bonds is 7. The second kappa shape index (κ2) is 6.65. The fourth-order valence-corrected chi connectivity index (χ4v) is 3.73. The Labute approximate surface area is 120 Å². The van der Waals surface area contributed by atoms with Crippen molar-refractivity contribution in [1.29, 1.82) is 0 Å². The van der Waals surface area contributed by atoms with Gasteiger partial charge in [0.05, 0.1) is 0 Å². The van der Waals surface area contributed by atoms with Crippen LogP contribution in [0.3, 0.4) is 0 Å². The van der Waals surface area contributed by atoms with E-state index in [9.17, 15) is 12.8 Å². The molecular formula is C14H23FN2O2S. The molecule has 0 aromatic heterocycles. The highest BCUT2D eigenvalue weighted by atomic mass is 32.2. The highest BCUT2D eigenvalue weighted by molar-refractivity contribution is 7.89. The minimum atomic E-state index is -3.86. The molecule has 0 aliphatic rings. The smallest absolute Gasteiger partial charge is 0.243 e. The normalized spacial score (nSPS) is 12.7. The van der Waals surface area contributed by atoms with Gasteiger partial charge < -0.3 is 5.32 Å². The number of sulfonamides is 1.